The van der Waals surface area contributed by atoms with Crippen molar-refractivity contribution in [3.63, 3.8) is 0 Å². The van der Waals surface area contributed by atoms with Crippen LogP contribution < -0.4 is 5.73 Å². The third-order valence-corrected chi connectivity index (χ3v) is 2.52. The number of carbonyl (C=O) groups is 1. The Morgan fingerprint density at radius 3 is 3.07 bits per heavy atom. The summed E-state index contributed by atoms with van der Waals surface area (Å²) in [5.41, 5.74) is 6.79. The first-order chi connectivity index (χ1) is 6.64. The molecule has 0 aliphatic heterocycles. The largest absolute Gasteiger partial charge is 0.468 e. The Morgan fingerprint density at radius 1 is 1.79 bits per heavy atom. The summed E-state index contributed by atoms with van der Waals surface area (Å²) >= 11 is 0. The van der Waals surface area contributed by atoms with E-state index in [-0.39, 0.29) is 18.1 Å². The zero-order valence-electron chi connectivity index (χ0n) is 8.06. The molecule has 1 aliphatic rings. The molecule has 5 heteroatoms. The van der Waals surface area contributed by atoms with Crippen molar-refractivity contribution in [2.45, 2.75) is 24.9 Å². The number of esters is 1. The van der Waals surface area contributed by atoms with Gasteiger partial charge in [-0.1, -0.05) is 0 Å². The molecule has 1 heterocycles. The lowest BCUT2D eigenvalue weighted by molar-refractivity contribution is -0.141. The maximum atomic E-state index is 10.9. The molecule has 0 saturated heterocycles. The number of methoxy groups -OCH3 is 1. The number of hydrogen-bond acceptors (Lipinski definition) is 4. The van der Waals surface area contributed by atoms with Crippen LogP contribution in [-0.4, -0.2) is 22.9 Å². The molecule has 0 atom stereocenters. The molecule has 1 aliphatic carbocycles. The predicted molar refractivity (Wildman–Crippen MR) is 49.3 cm³/mol. The number of rotatable bonds is 3. The van der Waals surface area contributed by atoms with Gasteiger partial charge in [-0.3, -0.25) is 9.48 Å². The van der Waals surface area contributed by atoms with E-state index in [0.717, 1.165) is 18.4 Å². The minimum absolute atomic E-state index is 0.145. The van der Waals surface area contributed by atoms with Gasteiger partial charge in [0.15, 0.2) is 0 Å². The molecule has 0 radical (unpaired) electrons. The molecule has 2 rings (SSSR count). The van der Waals surface area contributed by atoms with E-state index < -0.39 is 0 Å². The van der Waals surface area contributed by atoms with Crippen LogP contribution in [0.5, 0.6) is 0 Å². The molecule has 1 aromatic rings. The van der Waals surface area contributed by atoms with E-state index in [9.17, 15) is 4.79 Å². The van der Waals surface area contributed by atoms with E-state index in [1.165, 1.54) is 7.11 Å². The Labute approximate surface area is 81.8 Å². The van der Waals surface area contributed by atoms with Crippen LogP contribution in [0.2, 0.25) is 0 Å². The van der Waals surface area contributed by atoms with E-state index in [1.54, 1.807) is 10.9 Å². The van der Waals surface area contributed by atoms with Crippen molar-refractivity contribution in [3.05, 3.63) is 18.0 Å². The summed E-state index contributed by atoms with van der Waals surface area (Å²) in [6.45, 7) is 0.145. The summed E-state index contributed by atoms with van der Waals surface area (Å²) in [6, 6.07) is 0. The van der Waals surface area contributed by atoms with E-state index >= 15 is 0 Å². The molecule has 1 fully saturated rings. The molecule has 76 valence electrons. The van der Waals surface area contributed by atoms with Crippen molar-refractivity contribution < 1.29 is 9.53 Å². The van der Waals surface area contributed by atoms with Gasteiger partial charge in [0, 0.05) is 17.3 Å². The lowest BCUT2D eigenvalue weighted by atomic mass is 10.1. The lowest BCUT2D eigenvalue weighted by Gasteiger charge is -2.03. The third-order valence-electron chi connectivity index (χ3n) is 2.52. The molecule has 1 aromatic heterocycles. The fourth-order valence-electron chi connectivity index (χ4n) is 1.33. The quantitative estimate of drug-likeness (QED) is 0.689. The second-order valence-corrected chi connectivity index (χ2v) is 3.66. The van der Waals surface area contributed by atoms with E-state index in [2.05, 4.69) is 9.84 Å². The van der Waals surface area contributed by atoms with Crippen LogP contribution in [0.15, 0.2) is 12.4 Å². The normalized spacial score (nSPS) is 17.9. The molecule has 0 spiro atoms. The molecule has 0 aromatic carbocycles. The van der Waals surface area contributed by atoms with Gasteiger partial charge in [0.25, 0.3) is 0 Å². The standard InChI is InChI=1S/C9H13N3O2/c1-14-8(13)6-12-5-7(4-11-12)9(10)2-3-9/h4-5H,2-3,6,10H2,1H3. The molecule has 14 heavy (non-hydrogen) atoms. The van der Waals surface area contributed by atoms with Gasteiger partial charge in [-0.15, -0.1) is 0 Å². The van der Waals surface area contributed by atoms with Gasteiger partial charge >= 0.3 is 5.97 Å². The van der Waals surface area contributed by atoms with Crippen LogP contribution in [-0.2, 0) is 21.6 Å². The summed E-state index contributed by atoms with van der Waals surface area (Å²) in [7, 11) is 1.36. The van der Waals surface area contributed by atoms with Crippen LogP contribution >= 0.6 is 0 Å². The summed E-state index contributed by atoms with van der Waals surface area (Å²) in [5.74, 6) is -0.304. The second kappa shape index (κ2) is 3.09. The summed E-state index contributed by atoms with van der Waals surface area (Å²) in [5, 5.41) is 4.05. The number of ether oxygens (including phenoxy) is 1. The highest BCUT2D eigenvalue weighted by molar-refractivity contribution is 5.68. The summed E-state index contributed by atoms with van der Waals surface area (Å²) in [6.07, 6.45) is 5.52. The third kappa shape index (κ3) is 1.63. The zero-order valence-corrected chi connectivity index (χ0v) is 8.06. The highest BCUT2D eigenvalue weighted by Crippen LogP contribution is 2.42. The molecular weight excluding hydrogens is 182 g/mol. The summed E-state index contributed by atoms with van der Waals surface area (Å²) in [4.78, 5) is 10.9. The SMILES string of the molecule is COC(=O)Cn1cc(C2(N)CC2)cn1. The van der Waals surface area contributed by atoms with Crippen LogP contribution in [0.1, 0.15) is 18.4 Å². The molecule has 5 nitrogen and oxygen atoms in total. The fraction of sp³-hybridized carbons (Fsp3) is 0.556. The molecule has 0 amide bonds. The van der Waals surface area contributed by atoms with Crippen LogP contribution in [0.25, 0.3) is 0 Å². The Morgan fingerprint density at radius 2 is 2.50 bits per heavy atom. The number of nitrogens with zero attached hydrogens (tertiary/aromatic N) is 2. The highest BCUT2D eigenvalue weighted by atomic mass is 16.5. The molecular formula is C9H13N3O2. The topological polar surface area (TPSA) is 70.1 Å². The first-order valence-electron chi connectivity index (χ1n) is 4.53. The molecule has 0 unspecified atom stereocenters. The monoisotopic (exact) mass is 195 g/mol. The van der Waals surface area contributed by atoms with E-state index in [0.29, 0.717) is 0 Å². The number of aromatic nitrogens is 2. The second-order valence-electron chi connectivity index (χ2n) is 3.66. The van der Waals surface area contributed by atoms with Gasteiger partial charge < -0.3 is 10.5 Å². The van der Waals surface area contributed by atoms with Crippen molar-refractivity contribution in [1.82, 2.24) is 9.78 Å². The Hall–Kier alpha value is -1.36. The molecule has 1 saturated carbocycles. The number of nitrogens with two attached hydrogens (primary N) is 1. The van der Waals surface area contributed by atoms with Crippen LogP contribution in [0, 0.1) is 0 Å². The zero-order chi connectivity index (χ0) is 10.2. The summed E-state index contributed by atoms with van der Waals surface area (Å²) < 4.78 is 6.08. The van der Waals surface area contributed by atoms with Gasteiger partial charge in [-0.05, 0) is 12.8 Å². The highest BCUT2D eigenvalue weighted by Gasteiger charge is 2.41. The minimum Gasteiger partial charge on any atom is -0.468 e. The fourth-order valence-corrected chi connectivity index (χ4v) is 1.33. The van der Waals surface area contributed by atoms with Crippen molar-refractivity contribution in [3.8, 4) is 0 Å². The molecule has 2 N–H and O–H groups in total. The maximum Gasteiger partial charge on any atom is 0.327 e. The van der Waals surface area contributed by atoms with E-state index in [1.807, 2.05) is 6.20 Å². The van der Waals surface area contributed by atoms with Crippen LogP contribution in [0.3, 0.4) is 0 Å². The van der Waals surface area contributed by atoms with Gasteiger partial charge in [0.05, 0.1) is 13.3 Å². The van der Waals surface area contributed by atoms with Crippen LogP contribution in [0.4, 0.5) is 0 Å². The first kappa shape index (κ1) is 9.21. The maximum absolute atomic E-state index is 10.9. The van der Waals surface area contributed by atoms with Crippen molar-refractivity contribution in [2.24, 2.45) is 5.73 Å². The number of hydrogen-bond donors (Lipinski definition) is 1. The Bertz CT molecular complexity index is 355. The minimum atomic E-state index is -0.304. The van der Waals surface area contributed by atoms with E-state index in [4.69, 9.17) is 5.73 Å². The molecule has 0 bridgehead atoms. The van der Waals surface area contributed by atoms with Gasteiger partial charge in [-0.25, -0.2) is 0 Å². The lowest BCUT2D eigenvalue weighted by Crippen LogP contribution is -2.18. The van der Waals surface area contributed by atoms with Gasteiger partial charge in [0.1, 0.15) is 6.54 Å². The predicted octanol–water partition coefficient (Wildman–Crippen LogP) is 0.00390. The number of carbonyl (C=O) groups excluding carboxylic acids is 1. The Balaban J connectivity index is 2.06. The smallest absolute Gasteiger partial charge is 0.327 e. The average molecular weight is 195 g/mol. The van der Waals surface area contributed by atoms with Crippen molar-refractivity contribution >= 4 is 5.97 Å². The van der Waals surface area contributed by atoms with Crippen molar-refractivity contribution in [2.75, 3.05) is 7.11 Å². The average Bonchev–Trinajstić information content (AvgIpc) is 2.75. The Kier molecular flexibility index (Phi) is 2.03. The van der Waals surface area contributed by atoms with Gasteiger partial charge in [0.2, 0.25) is 0 Å². The van der Waals surface area contributed by atoms with Gasteiger partial charge in [-0.2, -0.15) is 5.10 Å². The first-order valence-corrected chi connectivity index (χ1v) is 4.53. The van der Waals surface area contributed by atoms with Crippen molar-refractivity contribution in [1.29, 1.82) is 0 Å².